The van der Waals surface area contributed by atoms with Gasteiger partial charge in [-0.2, -0.15) is 0 Å². The molecule has 2 unspecified atom stereocenters. The molecule has 250 valence electrons. The number of benzene rings is 2. The summed E-state index contributed by atoms with van der Waals surface area (Å²) in [6.45, 7) is 5.33. The largest absolute Gasteiger partial charge is 0.361 e. The SMILES string of the molecule is CCNC(=O)C(NS(=O)(=O)Cc1ccccc1)C1CCN(C(C)=N)CC1.O=CNC(Cc1c[nH]c2ccccc12)C(=O)c1nccs1. The number of thiazole rings is 1. The highest BCUT2D eigenvalue weighted by atomic mass is 32.2. The second-order valence-corrected chi connectivity index (χ2v) is 13.9. The number of para-hydroxylation sites is 1. The number of fused-ring (bicyclic) bond motifs is 1. The zero-order chi connectivity index (χ0) is 33.8. The topological polar surface area (TPSA) is 177 Å². The third-order valence-corrected chi connectivity index (χ3v) is 10.1. The summed E-state index contributed by atoms with van der Waals surface area (Å²) in [5, 5.41) is 16.3. The van der Waals surface area contributed by atoms with Crippen molar-refractivity contribution in [3.05, 3.63) is 88.5 Å². The Morgan fingerprint density at radius 3 is 2.47 bits per heavy atom. The summed E-state index contributed by atoms with van der Waals surface area (Å²) >= 11 is 1.28. The predicted molar refractivity (Wildman–Crippen MR) is 184 cm³/mol. The van der Waals surface area contributed by atoms with Crippen LogP contribution in [0.3, 0.4) is 0 Å². The molecule has 12 nitrogen and oxygen atoms in total. The second kappa shape index (κ2) is 17.0. The molecule has 1 aliphatic heterocycles. The van der Waals surface area contributed by atoms with Crippen LogP contribution in [0.4, 0.5) is 0 Å². The van der Waals surface area contributed by atoms with Crippen LogP contribution in [0, 0.1) is 11.3 Å². The lowest BCUT2D eigenvalue weighted by Crippen LogP contribution is -2.53. The number of rotatable bonds is 13. The monoisotopic (exact) mass is 679 g/mol. The number of aromatic nitrogens is 2. The number of likely N-dealkylation sites (N-methyl/N-ethyl adjacent to an activating group) is 1. The number of likely N-dealkylation sites (tertiary alicyclic amines) is 1. The lowest BCUT2D eigenvalue weighted by molar-refractivity contribution is -0.124. The van der Waals surface area contributed by atoms with E-state index >= 15 is 0 Å². The first kappa shape index (κ1) is 35.5. The molecule has 47 heavy (non-hydrogen) atoms. The highest BCUT2D eigenvalue weighted by Crippen LogP contribution is 2.23. The van der Waals surface area contributed by atoms with Gasteiger partial charge in [0.25, 0.3) is 0 Å². The van der Waals surface area contributed by atoms with Gasteiger partial charge in [-0.3, -0.25) is 19.8 Å². The minimum absolute atomic E-state index is 0.0808. The van der Waals surface area contributed by atoms with Crippen LogP contribution in [0.5, 0.6) is 0 Å². The van der Waals surface area contributed by atoms with Gasteiger partial charge < -0.3 is 20.5 Å². The number of nitrogens with zero attached hydrogens (tertiary/aromatic N) is 2. The normalized spacial score (nSPS) is 14.8. The zero-order valence-electron chi connectivity index (χ0n) is 26.4. The zero-order valence-corrected chi connectivity index (χ0v) is 28.1. The lowest BCUT2D eigenvalue weighted by Gasteiger charge is -2.36. The first-order chi connectivity index (χ1) is 22.6. The van der Waals surface area contributed by atoms with Gasteiger partial charge in [0.2, 0.25) is 28.1 Å². The Hall–Kier alpha value is -4.40. The minimum atomic E-state index is -3.64. The molecule has 0 saturated carbocycles. The van der Waals surface area contributed by atoms with Crippen molar-refractivity contribution >= 4 is 56.2 Å². The fourth-order valence-electron chi connectivity index (χ4n) is 5.57. The average Bonchev–Trinajstić information content (AvgIpc) is 3.75. The molecule has 3 heterocycles. The first-order valence-corrected chi connectivity index (χ1v) is 17.9. The number of carbonyl (C=O) groups is 3. The minimum Gasteiger partial charge on any atom is -0.361 e. The number of sulfonamides is 1. The number of aromatic amines is 1. The third-order valence-electron chi connectivity index (χ3n) is 7.95. The van der Waals surface area contributed by atoms with E-state index in [4.69, 9.17) is 5.41 Å². The van der Waals surface area contributed by atoms with E-state index in [2.05, 4.69) is 25.3 Å². The standard InChI is InChI=1S/C18H28N4O3S.C15H13N3O2S/c1-3-20-18(23)17(16-9-11-22(12-10-16)14(2)19)21-26(24,25)13-15-7-5-4-6-8-15;19-9-18-13(14(20)15-16-5-6-21-15)7-10-8-17-12-4-2-1-3-11(10)12/h4-8,16-17,19,21H,3,9-13H2,1-2H3,(H,20,23);1-6,8-9,13,17H,7H2,(H,18,19). The molecule has 4 aromatic rings. The van der Waals surface area contributed by atoms with Gasteiger partial charge in [0.05, 0.1) is 17.6 Å². The van der Waals surface area contributed by atoms with Crippen LogP contribution in [-0.2, 0) is 31.8 Å². The molecule has 14 heteroatoms. The van der Waals surface area contributed by atoms with Crippen molar-refractivity contribution in [2.75, 3.05) is 19.6 Å². The maximum atomic E-state index is 12.6. The van der Waals surface area contributed by atoms with Gasteiger partial charge in [0, 0.05) is 54.7 Å². The molecule has 0 spiro atoms. The molecule has 0 bridgehead atoms. The number of nitrogens with one attached hydrogen (secondary N) is 5. The van der Waals surface area contributed by atoms with E-state index < -0.39 is 22.1 Å². The summed E-state index contributed by atoms with van der Waals surface area (Å²) in [5.41, 5.74) is 2.69. The van der Waals surface area contributed by atoms with Gasteiger partial charge in [-0.05, 0) is 49.8 Å². The van der Waals surface area contributed by atoms with Crippen LogP contribution in [0.2, 0.25) is 0 Å². The van der Waals surface area contributed by atoms with E-state index in [0.29, 0.717) is 61.7 Å². The van der Waals surface area contributed by atoms with Crippen LogP contribution in [0.15, 0.2) is 72.4 Å². The highest BCUT2D eigenvalue weighted by molar-refractivity contribution is 7.88. The van der Waals surface area contributed by atoms with Crippen molar-refractivity contribution in [1.29, 1.82) is 5.41 Å². The molecule has 1 aliphatic rings. The number of H-pyrrole nitrogens is 1. The van der Waals surface area contributed by atoms with E-state index in [0.717, 1.165) is 16.5 Å². The Labute approximate surface area is 278 Å². The second-order valence-electron chi connectivity index (χ2n) is 11.2. The maximum absolute atomic E-state index is 12.6. The van der Waals surface area contributed by atoms with E-state index in [9.17, 15) is 22.8 Å². The fraction of sp³-hybridized carbons (Fsp3) is 0.364. The fourth-order valence-corrected chi connectivity index (χ4v) is 7.60. The summed E-state index contributed by atoms with van der Waals surface area (Å²) in [5.74, 6) is -0.177. The van der Waals surface area contributed by atoms with E-state index in [-0.39, 0.29) is 23.4 Å². The van der Waals surface area contributed by atoms with Crippen molar-refractivity contribution in [3.8, 4) is 0 Å². The Morgan fingerprint density at radius 1 is 1.13 bits per heavy atom. The Kier molecular flexibility index (Phi) is 12.8. The summed E-state index contributed by atoms with van der Waals surface area (Å²) in [6.07, 6.45) is 5.80. The van der Waals surface area contributed by atoms with E-state index in [1.54, 1.807) is 42.8 Å². The number of carbonyl (C=O) groups excluding carboxylic acids is 3. The first-order valence-electron chi connectivity index (χ1n) is 15.4. The molecule has 0 radical (unpaired) electrons. The predicted octanol–water partition coefficient (Wildman–Crippen LogP) is 3.48. The number of Topliss-reactive ketones (excluding diaryl/α,β-unsaturated/α-hetero) is 1. The highest BCUT2D eigenvalue weighted by Gasteiger charge is 2.34. The van der Waals surface area contributed by atoms with E-state index in [1.165, 1.54) is 11.3 Å². The smallest absolute Gasteiger partial charge is 0.238 e. The summed E-state index contributed by atoms with van der Waals surface area (Å²) < 4.78 is 27.8. The van der Waals surface area contributed by atoms with Crippen LogP contribution in [0.1, 0.15) is 47.6 Å². The van der Waals surface area contributed by atoms with Crippen molar-refractivity contribution in [2.45, 2.75) is 50.9 Å². The molecule has 5 N–H and O–H groups in total. The summed E-state index contributed by atoms with van der Waals surface area (Å²) in [6, 6.07) is 15.4. The van der Waals surface area contributed by atoms with Gasteiger partial charge >= 0.3 is 0 Å². The van der Waals surface area contributed by atoms with Crippen LogP contribution < -0.4 is 15.4 Å². The molecular weight excluding hydrogens is 639 g/mol. The van der Waals surface area contributed by atoms with Crippen LogP contribution in [-0.4, -0.2) is 78.9 Å². The van der Waals surface area contributed by atoms with Crippen LogP contribution >= 0.6 is 11.3 Å². The van der Waals surface area contributed by atoms with Gasteiger partial charge in [-0.1, -0.05) is 48.5 Å². The molecule has 2 amide bonds. The number of amidine groups is 1. The van der Waals surface area contributed by atoms with Crippen molar-refractivity contribution in [1.82, 2.24) is 30.2 Å². The van der Waals surface area contributed by atoms with Gasteiger partial charge in [-0.25, -0.2) is 18.1 Å². The number of amides is 2. The molecule has 1 saturated heterocycles. The van der Waals surface area contributed by atoms with Crippen molar-refractivity contribution in [2.24, 2.45) is 5.92 Å². The number of piperidine rings is 1. The van der Waals surface area contributed by atoms with Gasteiger partial charge in [0.15, 0.2) is 5.01 Å². The maximum Gasteiger partial charge on any atom is 0.238 e. The average molecular weight is 680 g/mol. The Balaban J connectivity index is 0.000000217. The van der Waals surface area contributed by atoms with Crippen LogP contribution in [0.25, 0.3) is 10.9 Å². The number of hydrogen-bond acceptors (Lipinski definition) is 8. The molecule has 2 atom stereocenters. The molecule has 0 aliphatic carbocycles. The summed E-state index contributed by atoms with van der Waals surface area (Å²) in [4.78, 5) is 44.8. The molecular formula is C33H41N7O5S2. The third kappa shape index (κ3) is 10.0. The molecule has 1 fully saturated rings. The lowest BCUT2D eigenvalue weighted by atomic mass is 9.89. The molecule has 2 aromatic carbocycles. The van der Waals surface area contributed by atoms with E-state index in [1.807, 2.05) is 48.4 Å². The Bertz CT molecular complexity index is 1740. The molecule has 2 aromatic heterocycles. The molecule has 5 rings (SSSR count). The number of ketones is 1. The number of hydrogen-bond donors (Lipinski definition) is 5. The van der Waals surface area contributed by atoms with Gasteiger partial charge in [-0.15, -0.1) is 11.3 Å². The van der Waals surface area contributed by atoms with Crippen molar-refractivity contribution in [3.63, 3.8) is 0 Å². The summed E-state index contributed by atoms with van der Waals surface area (Å²) in [7, 11) is -3.64. The van der Waals surface area contributed by atoms with Gasteiger partial charge in [0.1, 0.15) is 6.04 Å². The Morgan fingerprint density at radius 2 is 1.83 bits per heavy atom. The van der Waals surface area contributed by atoms with Crippen molar-refractivity contribution < 1.29 is 22.8 Å². The quantitative estimate of drug-likeness (QED) is 0.0622.